The molecule has 21 heavy (non-hydrogen) atoms. The molecule has 0 unspecified atom stereocenters. The Hall–Kier alpha value is -2.74. The van der Waals surface area contributed by atoms with Gasteiger partial charge in [0.1, 0.15) is 5.69 Å². The van der Waals surface area contributed by atoms with Crippen LogP contribution in [0.4, 0.5) is 5.69 Å². The van der Waals surface area contributed by atoms with E-state index in [0.717, 1.165) is 18.8 Å². The van der Waals surface area contributed by atoms with Gasteiger partial charge in [-0.3, -0.25) is 4.79 Å². The van der Waals surface area contributed by atoms with Crippen molar-refractivity contribution in [3.8, 4) is 6.07 Å². The number of H-pyrrole nitrogens is 1. The first kappa shape index (κ1) is 13.3. The van der Waals surface area contributed by atoms with Crippen LogP contribution in [0.3, 0.4) is 0 Å². The van der Waals surface area contributed by atoms with Gasteiger partial charge in [-0.2, -0.15) is 5.26 Å². The molecule has 2 heterocycles. The number of aromatic nitrogens is 1. The highest BCUT2D eigenvalue weighted by molar-refractivity contribution is 5.92. The maximum absolute atomic E-state index is 12.2. The Morgan fingerprint density at radius 1 is 1.10 bits per heavy atom. The van der Waals surface area contributed by atoms with Gasteiger partial charge < -0.3 is 14.8 Å². The smallest absolute Gasteiger partial charge is 0.270 e. The third-order valence-corrected chi connectivity index (χ3v) is 3.76. The number of benzene rings is 1. The third kappa shape index (κ3) is 2.75. The average molecular weight is 280 g/mol. The predicted octanol–water partition coefficient (Wildman–Crippen LogP) is 1.85. The predicted molar refractivity (Wildman–Crippen MR) is 80.1 cm³/mol. The van der Waals surface area contributed by atoms with Crippen LogP contribution in [-0.4, -0.2) is 42.0 Å². The summed E-state index contributed by atoms with van der Waals surface area (Å²) in [6.07, 6.45) is 1.76. The SMILES string of the molecule is N#Cc1ccc(N2CCN(C(=O)c3ccc[nH]3)CC2)cc1. The number of nitriles is 1. The van der Waals surface area contributed by atoms with Crippen molar-refractivity contribution < 1.29 is 4.79 Å². The summed E-state index contributed by atoms with van der Waals surface area (Å²) < 4.78 is 0. The van der Waals surface area contributed by atoms with Crippen molar-refractivity contribution in [3.05, 3.63) is 53.9 Å². The topological polar surface area (TPSA) is 63.1 Å². The van der Waals surface area contributed by atoms with Crippen molar-refractivity contribution in [3.63, 3.8) is 0 Å². The van der Waals surface area contributed by atoms with Gasteiger partial charge in [0, 0.05) is 38.1 Å². The number of nitrogens with one attached hydrogen (secondary N) is 1. The van der Waals surface area contributed by atoms with Crippen molar-refractivity contribution in [1.29, 1.82) is 5.26 Å². The molecule has 1 saturated heterocycles. The monoisotopic (exact) mass is 280 g/mol. The fraction of sp³-hybridized carbons (Fsp3) is 0.250. The number of nitrogens with zero attached hydrogens (tertiary/aromatic N) is 3. The summed E-state index contributed by atoms with van der Waals surface area (Å²) >= 11 is 0. The quantitative estimate of drug-likeness (QED) is 0.913. The molecule has 1 amide bonds. The minimum absolute atomic E-state index is 0.0551. The molecular weight excluding hydrogens is 264 g/mol. The molecule has 1 aromatic carbocycles. The van der Waals surface area contributed by atoms with Crippen molar-refractivity contribution in [1.82, 2.24) is 9.88 Å². The maximum Gasteiger partial charge on any atom is 0.270 e. The van der Waals surface area contributed by atoms with Crippen molar-refractivity contribution >= 4 is 11.6 Å². The number of carbonyl (C=O) groups is 1. The molecule has 5 heteroatoms. The summed E-state index contributed by atoms with van der Waals surface area (Å²) in [4.78, 5) is 19.3. The zero-order chi connectivity index (χ0) is 14.7. The molecule has 3 rings (SSSR count). The summed E-state index contributed by atoms with van der Waals surface area (Å²) in [5.41, 5.74) is 2.40. The van der Waals surface area contributed by atoms with Crippen molar-refractivity contribution in [2.45, 2.75) is 0 Å². The van der Waals surface area contributed by atoms with E-state index in [1.54, 1.807) is 12.3 Å². The molecule has 5 nitrogen and oxygen atoms in total. The summed E-state index contributed by atoms with van der Waals surface area (Å²) in [5.74, 6) is 0.0551. The molecule has 0 spiro atoms. The Balaban J connectivity index is 1.62. The van der Waals surface area contributed by atoms with Gasteiger partial charge in [0.15, 0.2) is 0 Å². The molecule has 1 aliphatic rings. The summed E-state index contributed by atoms with van der Waals surface area (Å²) in [5, 5.41) is 8.81. The second-order valence-electron chi connectivity index (χ2n) is 5.02. The fourth-order valence-electron chi connectivity index (χ4n) is 2.55. The maximum atomic E-state index is 12.2. The van der Waals surface area contributed by atoms with Gasteiger partial charge >= 0.3 is 0 Å². The minimum atomic E-state index is 0.0551. The van der Waals surface area contributed by atoms with Gasteiger partial charge in [0.2, 0.25) is 0 Å². The largest absolute Gasteiger partial charge is 0.368 e. The molecule has 0 bridgehead atoms. The molecule has 1 aromatic heterocycles. The lowest BCUT2D eigenvalue weighted by atomic mass is 10.2. The molecular formula is C16H16N4O. The summed E-state index contributed by atoms with van der Waals surface area (Å²) in [6.45, 7) is 3.02. The Bertz CT molecular complexity index is 647. The van der Waals surface area contributed by atoms with Gasteiger partial charge in [0.05, 0.1) is 11.6 Å². The van der Waals surface area contributed by atoms with E-state index in [0.29, 0.717) is 24.3 Å². The van der Waals surface area contributed by atoms with Crippen LogP contribution < -0.4 is 4.90 Å². The van der Waals surface area contributed by atoms with Gasteiger partial charge in [-0.05, 0) is 36.4 Å². The van der Waals surface area contributed by atoms with Crippen molar-refractivity contribution in [2.24, 2.45) is 0 Å². The van der Waals surface area contributed by atoms with E-state index in [9.17, 15) is 4.79 Å². The van der Waals surface area contributed by atoms with E-state index in [4.69, 9.17) is 5.26 Å². The van der Waals surface area contributed by atoms with Crippen LogP contribution in [0.25, 0.3) is 0 Å². The number of hydrogen-bond donors (Lipinski definition) is 1. The number of carbonyl (C=O) groups excluding carboxylic acids is 1. The molecule has 1 aliphatic heterocycles. The summed E-state index contributed by atoms with van der Waals surface area (Å²) in [6, 6.07) is 13.3. The number of hydrogen-bond acceptors (Lipinski definition) is 3. The van der Waals surface area contributed by atoms with Gasteiger partial charge in [-0.1, -0.05) is 0 Å². The average Bonchev–Trinajstić information content (AvgIpc) is 3.09. The van der Waals surface area contributed by atoms with E-state index in [2.05, 4.69) is 16.0 Å². The Labute approximate surface area is 123 Å². The molecule has 0 atom stereocenters. The highest BCUT2D eigenvalue weighted by Gasteiger charge is 2.22. The van der Waals surface area contributed by atoms with Crippen LogP contribution in [0.15, 0.2) is 42.6 Å². The first-order valence-corrected chi connectivity index (χ1v) is 6.96. The zero-order valence-corrected chi connectivity index (χ0v) is 11.6. The summed E-state index contributed by atoms with van der Waals surface area (Å²) in [7, 11) is 0. The van der Waals surface area contributed by atoms with Gasteiger partial charge in [0.25, 0.3) is 5.91 Å². The normalized spacial score (nSPS) is 14.8. The lowest BCUT2D eigenvalue weighted by Gasteiger charge is -2.36. The first-order valence-electron chi connectivity index (χ1n) is 6.96. The van der Waals surface area contributed by atoms with E-state index in [-0.39, 0.29) is 5.91 Å². The number of amides is 1. The van der Waals surface area contributed by atoms with E-state index in [1.165, 1.54) is 0 Å². The molecule has 106 valence electrons. The van der Waals surface area contributed by atoms with Crippen LogP contribution in [0, 0.1) is 11.3 Å². The second kappa shape index (κ2) is 5.71. The number of aromatic amines is 1. The highest BCUT2D eigenvalue weighted by Crippen LogP contribution is 2.17. The fourth-order valence-corrected chi connectivity index (χ4v) is 2.55. The molecule has 0 saturated carbocycles. The lowest BCUT2D eigenvalue weighted by Crippen LogP contribution is -2.48. The highest BCUT2D eigenvalue weighted by atomic mass is 16.2. The number of piperazine rings is 1. The van der Waals surface area contributed by atoms with Gasteiger partial charge in [-0.15, -0.1) is 0 Å². The molecule has 2 aromatic rings. The van der Waals surface area contributed by atoms with Crippen LogP contribution in [-0.2, 0) is 0 Å². The second-order valence-corrected chi connectivity index (χ2v) is 5.02. The van der Waals surface area contributed by atoms with Crippen LogP contribution in [0.5, 0.6) is 0 Å². The Morgan fingerprint density at radius 2 is 1.81 bits per heavy atom. The van der Waals surface area contributed by atoms with Crippen LogP contribution >= 0.6 is 0 Å². The Kier molecular flexibility index (Phi) is 3.61. The molecule has 1 fully saturated rings. The molecule has 1 N–H and O–H groups in total. The van der Waals surface area contributed by atoms with E-state index in [1.807, 2.05) is 35.2 Å². The number of rotatable bonds is 2. The molecule has 0 radical (unpaired) electrons. The van der Waals surface area contributed by atoms with Crippen LogP contribution in [0.1, 0.15) is 16.1 Å². The molecule has 0 aliphatic carbocycles. The lowest BCUT2D eigenvalue weighted by molar-refractivity contribution is 0.0741. The third-order valence-electron chi connectivity index (χ3n) is 3.76. The van der Waals surface area contributed by atoms with Crippen LogP contribution in [0.2, 0.25) is 0 Å². The van der Waals surface area contributed by atoms with E-state index >= 15 is 0 Å². The zero-order valence-electron chi connectivity index (χ0n) is 11.6. The minimum Gasteiger partial charge on any atom is -0.368 e. The number of anilines is 1. The Morgan fingerprint density at radius 3 is 2.38 bits per heavy atom. The van der Waals surface area contributed by atoms with E-state index < -0.39 is 0 Å². The first-order chi connectivity index (χ1) is 10.3. The standard InChI is InChI=1S/C16H16N4O/c17-12-13-3-5-14(6-4-13)19-8-10-20(11-9-19)16(21)15-2-1-7-18-15/h1-7,18H,8-11H2. The van der Waals surface area contributed by atoms with Gasteiger partial charge in [-0.25, -0.2) is 0 Å². The van der Waals surface area contributed by atoms with Crippen molar-refractivity contribution in [2.75, 3.05) is 31.1 Å².